The number of aliphatic hydroxyl groups is 1. The molecule has 1 saturated carbocycles. The van der Waals surface area contributed by atoms with Crippen molar-refractivity contribution in [2.45, 2.75) is 44.4 Å². The highest BCUT2D eigenvalue weighted by molar-refractivity contribution is 7.92. The van der Waals surface area contributed by atoms with Gasteiger partial charge in [-0.15, -0.1) is 0 Å². The van der Waals surface area contributed by atoms with Gasteiger partial charge in [-0.2, -0.15) is 0 Å². The SMILES string of the molecule is O=C(Nc1cccc(N2CCC(F)(F)CC2)c1)c1ccc(NS(=O)(=O)CCO)cc1N1CCC2(CC1)CC2. The normalized spacial score (nSPS) is 20.3. The highest BCUT2D eigenvalue weighted by Gasteiger charge is 2.44. The van der Waals surface area contributed by atoms with Crippen molar-refractivity contribution < 1.29 is 27.1 Å². The quantitative estimate of drug-likeness (QED) is 0.455. The molecular formula is C27H34F2N4O4S. The molecule has 3 fully saturated rings. The molecule has 0 bridgehead atoms. The Bertz CT molecular complexity index is 1280. The summed E-state index contributed by atoms with van der Waals surface area (Å²) in [4.78, 5) is 17.5. The van der Waals surface area contributed by atoms with Gasteiger partial charge in [0.25, 0.3) is 11.8 Å². The summed E-state index contributed by atoms with van der Waals surface area (Å²) in [6.45, 7) is 1.57. The lowest BCUT2D eigenvalue weighted by Crippen LogP contribution is -2.39. The number of halogens is 2. The van der Waals surface area contributed by atoms with Gasteiger partial charge in [-0.1, -0.05) is 6.07 Å². The molecule has 8 nitrogen and oxygen atoms in total. The third-order valence-corrected chi connectivity index (χ3v) is 9.23. The Labute approximate surface area is 222 Å². The van der Waals surface area contributed by atoms with Crippen LogP contribution >= 0.6 is 0 Å². The first-order chi connectivity index (χ1) is 18.1. The summed E-state index contributed by atoms with van der Waals surface area (Å²) >= 11 is 0. The summed E-state index contributed by atoms with van der Waals surface area (Å²) in [7, 11) is -3.72. The zero-order valence-corrected chi connectivity index (χ0v) is 22.1. The molecule has 2 saturated heterocycles. The highest BCUT2D eigenvalue weighted by atomic mass is 32.2. The van der Waals surface area contributed by atoms with Crippen LogP contribution < -0.4 is 19.8 Å². The first-order valence-corrected chi connectivity index (χ1v) is 14.8. The van der Waals surface area contributed by atoms with Crippen molar-refractivity contribution in [2.24, 2.45) is 5.41 Å². The molecule has 0 aromatic heterocycles. The molecule has 0 radical (unpaired) electrons. The second kappa shape index (κ2) is 10.3. The number of benzene rings is 2. The predicted octanol–water partition coefficient (Wildman–Crippen LogP) is 4.29. The van der Waals surface area contributed by atoms with Gasteiger partial charge in [-0.05, 0) is 67.5 Å². The van der Waals surface area contributed by atoms with Crippen LogP contribution in [0.5, 0.6) is 0 Å². The topological polar surface area (TPSA) is 102 Å². The molecule has 38 heavy (non-hydrogen) atoms. The van der Waals surface area contributed by atoms with Crippen LogP contribution in [0.1, 0.15) is 48.9 Å². The smallest absolute Gasteiger partial charge is 0.257 e. The average Bonchev–Trinajstić information content (AvgIpc) is 3.63. The Kier molecular flexibility index (Phi) is 7.25. The number of alkyl halides is 2. The highest BCUT2D eigenvalue weighted by Crippen LogP contribution is 2.54. The van der Waals surface area contributed by atoms with Crippen molar-refractivity contribution in [1.82, 2.24) is 0 Å². The van der Waals surface area contributed by atoms with E-state index in [4.69, 9.17) is 5.11 Å². The fourth-order valence-electron chi connectivity index (χ4n) is 5.37. The fraction of sp³-hybridized carbons (Fsp3) is 0.519. The van der Waals surface area contributed by atoms with Gasteiger partial charge in [0.1, 0.15) is 0 Å². The van der Waals surface area contributed by atoms with E-state index in [0.29, 0.717) is 28.0 Å². The standard InChI is InChI=1S/C27H34F2N4O4S/c28-27(29)10-14-32(15-11-27)22-3-1-2-20(18-22)30-25(35)23-5-4-21(31-38(36,37)17-16-34)19-24(23)33-12-8-26(6-7-26)9-13-33/h1-5,18-19,31,34H,6-17H2,(H,30,35). The van der Waals surface area contributed by atoms with Crippen LogP contribution in [0.15, 0.2) is 42.5 Å². The van der Waals surface area contributed by atoms with Gasteiger partial charge in [0, 0.05) is 50.4 Å². The van der Waals surface area contributed by atoms with E-state index in [1.54, 1.807) is 36.4 Å². The molecule has 3 aliphatic rings. The summed E-state index contributed by atoms with van der Waals surface area (Å²) < 4.78 is 54.1. The maximum atomic E-state index is 13.6. The van der Waals surface area contributed by atoms with E-state index < -0.39 is 28.3 Å². The van der Waals surface area contributed by atoms with E-state index in [9.17, 15) is 22.0 Å². The molecular weight excluding hydrogens is 514 g/mol. The molecule has 5 rings (SSSR count). The fourth-order valence-corrected chi connectivity index (χ4v) is 6.20. The lowest BCUT2D eigenvalue weighted by Gasteiger charge is -2.35. The molecule has 0 atom stereocenters. The van der Waals surface area contributed by atoms with Crippen LogP contribution in [-0.2, 0) is 10.0 Å². The molecule has 1 spiro atoms. The zero-order chi connectivity index (χ0) is 27.0. The summed E-state index contributed by atoms with van der Waals surface area (Å²) in [6.07, 6.45) is 4.15. The van der Waals surface area contributed by atoms with Gasteiger partial charge in [0.05, 0.1) is 29.3 Å². The van der Waals surface area contributed by atoms with Gasteiger partial charge in [-0.3, -0.25) is 9.52 Å². The second-order valence-corrected chi connectivity index (χ2v) is 12.6. The zero-order valence-electron chi connectivity index (χ0n) is 21.3. The molecule has 1 amide bonds. The molecule has 2 heterocycles. The molecule has 1 aliphatic carbocycles. The molecule has 2 aromatic carbocycles. The second-order valence-electron chi connectivity index (χ2n) is 10.7. The van der Waals surface area contributed by atoms with Gasteiger partial charge >= 0.3 is 0 Å². The van der Waals surface area contributed by atoms with Crippen LogP contribution in [0.2, 0.25) is 0 Å². The van der Waals surface area contributed by atoms with E-state index in [0.717, 1.165) is 31.6 Å². The first-order valence-electron chi connectivity index (χ1n) is 13.1. The number of hydrogen-bond acceptors (Lipinski definition) is 6. The molecule has 11 heteroatoms. The van der Waals surface area contributed by atoms with E-state index >= 15 is 0 Å². The summed E-state index contributed by atoms with van der Waals surface area (Å²) in [5.74, 6) is -3.38. The average molecular weight is 549 g/mol. The van der Waals surface area contributed by atoms with Gasteiger partial charge < -0.3 is 20.2 Å². The number of anilines is 4. The molecule has 2 aromatic rings. The Balaban J connectivity index is 1.36. The number of rotatable bonds is 8. The van der Waals surface area contributed by atoms with Crippen LogP contribution in [0, 0.1) is 5.41 Å². The van der Waals surface area contributed by atoms with Crippen molar-refractivity contribution in [3.63, 3.8) is 0 Å². The molecule has 206 valence electrons. The lowest BCUT2D eigenvalue weighted by atomic mass is 9.93. The van der Waals surface area contributed by atoms with Crippen LogP contribution in [0.3, 0.4) is 0 Å². The number of amides is 1. The number of hydrogen-bond donors (Lipinski definition) is 3. The van der Waals surface area contributed by atoms with Gasteiger partial charge in [-0.25, -0.2) is 17.2 Å². The maximum Gasteiger partial charge on any atom is 0.257 e. The van der Waals surface area contributed by atoms with Gasteiger partial charge in [0.15, 0.2) is 0 Å². The summed E-state index contributed by atoms with van der Waals surface area (Å²) in [5, 5.41) is 12.0. The number of nitrogens with one attached hydrogen (secondary N) is 2. The number of nitrogens with zero attached hydrogens (tertiary/aromatic N) is 2. The minimum atomic E-state index is -3.72. The monoisotopic (exact) mass is 548 g/mol. The minimum absolute atomic E-state index is 0.196. The van der Waals surface area contributed by atoms with Gasteiger partial charge in [0.2, 0.25) is 10.0 Å². The van der Waals surface area contributed by atoms with Crippen LogP contribution in [-0.4, -0.2) is 63.9 Å². The Morgan fingerprint density at radius 1 is 0.895 bits per heavy atom. The third kappa shape index (κ3) is 6.20. The first kappa shape index (κ1) is 26.7. The summed E-state index contributed by atoms with van der Waals surface area (Å²) in [5.41, 5.74) is 3.16. The number of carbonyl (C=O) groups excluding carboxylic acids is 1. The number of piperidine rings is 2. The Morgan fingerprint density at radius 2 is 1.58 bits per heavy atom. The molecule has 2 aliphatic heterocycles. The van der Waals surface area contributed by atoms with E-state index in [-0.39, 0.29) is 31.8 Å². The van der Waals surface area contributed by atoms with Crippen LogP contribution in [0.25, 0.3) is 0 Å². The van der Waals surface area contributed by atoms with Crippen molar-refractivity contribution in [3.8, 4) is 0 Å². The van der Waals surface area contributed by atoms with Crippen molar-refractivity contribution in [1.29, 1.82) is 0 Å². The maximum absolute atomic E-state index is 13.6. The van der Waals surface area contributed by atoms with E-state index in [1.807, 2.05) is 11.0 Å². The molecule has 0 unspecified atom stereocenters. The Morgan fingerprint density at radius 3 is 2.24 bits per heavy atom. The Hall–Kier alpha value is -2.92. The number of aliphatic hydroxyl groups excluding tert-OH is 1. The number of sulfonamides is 1. The largest absolute Gasteiger partial charge is 0.395 e. The van der Waals surface area contributed by atoms with Crippen LogP contribution in [0.4, 0.5) is 31.5 Å². The van der Waals surface area contributed by atoms with Crippen molar-refractivity contribution in [2.75, 3.05) is 58.4 Å². The predicted molar refractivity (Wildman–Crippen MR) is 145 cm³/mol. The minimum Gasteiger partial charge on any atom is -0.395 e. The molecule has 3 N–H and O–H groups in total. The lowest BCUT2D eigenvalue weighted by molar-refractivity contribution is -0.0220. The van der Waals surface area contributed by atoms with E-state index in [1.165, 1.54) is 12.8 Å². The third-order valence-electron chi connectivity index (χ3n) is 7.96. The van der Waals surface area contributed by atoms with Crippen molar-refractivity contribution in [3.05, 3.63) is 48.0 Å². The van der Waals surface area contributed by atoms with Crippen molar-refractivity contribution >= 4 is 38.7 Å². The van der Waals surface area contributed by atoms with E-state index in [2.05, 4.69) is 14.9 Å². The number of carbonyl (C=O) groups is 1. The summed E-state index contributed by atoms with van der Waals surface area (Å²) in [6, 6.07) is 12.0.